The van der Waals surface area contributed by atoms with E-state index in [4.69, 9.17) is 11.6 Å². The van der Waals surface area contributed by atoms with Crippen LogP contribution in [0, 0.1) is 0 Å². The van der Waals surface area contributed by atoms with E-state index in [2.05, 4.69) is 30.9 Å². The van der Waals surface area contributed by atoms with E-state index < -0.39 is 0 Å². The average molecular weight is 357 g/mol. The Morgan fingerprint density at radius 2 is 2.08 bits per heavy atom. The van der Waals surface area contributed by atoms with Gasteiger partial charge in [0.25, 0.3) is 11.9 Å². The molecule has 9 heteroatoms. The largest absolute Gasteiger partial charge is 0.288 e. The molecule has 0 aliphatic carbocycles. The number of pyridine rings is 1. The number of fused-ring (bicyclic) bond motifs is 1. The van der Waals surface area contributed by atoms with Crippen molar-refractivity contribution in [2.24, 2.45) is 0 Å². The zero-order chi connectivity index (χ0) is 16.5. The van der Waals surface area contributed by atoms with Crippen LogP contribution in [0.2, 0.25) is 4.34 Å². The minimum atomic E-state index is -0.334. The van der Waals surface area contributed by atoms with E-state index in [0.717, 1.165) is 15.8 Å². The highest BCUT2D eigenvalue weighted by molar-refractivity contribution is 7.19. The first kappa shape index (κ1) is 14.7. The van der Waals surface area contributed by atoms with Gasteiger partial charge in [-0.2, -0.15) is 5.21 Å². The second-order valence-electron chi connectivity index (χ2n) is 4.87. The Kier molecular flexibility index (Phi) is 3.68. The summed E-state index contributed by atoms with van der Waals surface area (Å²) in [7, 11) is 0. The van der Waals surface area contributed by atoms with E-state index in [1.807, 2.05) is 30.3 Å². The zero-order valence-electron chi connectivity index (χ0n) is 12.0. The van der Waals surface area contributed by atoms with Crippen LogP contribution in [-0.2, 0) is 0 Å². The standard InChI is InChI=1S/C15H9ClN6OS/c16-13-6-5-12(24-13)11-7-9(8-3-1-2-4-10(8)17-11)14(23)18-15-19-21-22-20-15/h1-7H,(H2,18,19,20,21,22,23). The third-order valence-electron chi connectivity index (χ3n) is 3.36. The summed E-state index contributed by atoms with van der Waals surface area (Å²) in [6.07, 6.45) is 0. The number of hydrogen-bond acceptors (Lipinski definition) is 6. The van der Waals surface area contributed by atoms with Gasteiger partial charge in [0, 0.05) is 5.39 Å². The third-order valence-corrected chi connectivity index (χ3v) is 4.61. The number of nitrogens with zero attached hydrogens (tertiary/aromatic N) is 4. The van der Waals surface area contributed by atoms with Gasteiger partial charge in [0.1, 0.15) is 0 Å². The van der Waals surface area contributed by atoms with Crippen LogP contribution in [0.5, 0.6) is 0 Å². The van der Waals surface area contributed by atoms with Crippen LogP contribution in [0.25, 0.3) is 21.5 Å². The van der Waals surface area contributed by atoms with E-state index in [9.17, 15) is 4.79 Å². The number of carbonyl (C=O) groups excluding carboxylic acids is 1. The Hall–Kier alpha value is -2.84. The number of aromatic nitrogens is 5. The molecule has 0 unspecified atom stereocenters. The number of benzene rings is 1. The Morgan fingerprint density at radius 1 is 1.21 bits per heavy atom. The van der Waals surface area contributed by atoms with Gasteiger partial charge in [0.2, 0.25) is 0 Å². The van der Waals surface area contributed by atoms with E-state index in [0.29, 0.717) is 15.6 Å². The quantitative estimate of drug-likeness (QED) is 0.586. The summed E-state index contributed by atoms with van der Waals surface area (Å²) in [5, 5.41) is 16.5. The molecule has 1 amide bonds. The van der Waals surface area contributed by atoms with Gasteiger partial charge >= 0.3 is 0 Å². The fraction of sp³-hybridized carbons (Fsp3) is 0. The number of H-pyrrole nitrogens is 1. The average Bonchev–Trinajstić information content (AvgIpc) is 3.25. The van der Waals surface area contributed by atoms with Crippen LogP contribution in [0.15, 0.2) is 42.5 Å². The number of para-hydroxylation sites is 1. The molecule has 24 heavy (non-hydrogen) atoms. The maximum absolute atomic E-state index is 12.6. The monoisotopic (exact) mass is 356 g/mol. The van der Waals surface area contributed by atoms with Crippen molar-refractivity contribution in [2.75, 3.05) is 5.32 Å². The Balaban J connectivity index is 1.84. The molecule has 4 rings (SSSR count). The minimum absolute atomic E-state index is 0.113. The number of halogens is 1. The van der Waals surface area contributed by atoms with Crippen molar-refractivity contribution >= 4 is 45.7 Å². The molecule has 1 aromatic carbocycles. The van der Waals surface area contributed by atoms with Crippen molar-refractivity contribution in [3.63, 3.8) is 0 Å². The SMILES string of the molecule is O=C(Nc1nn[nH]n1)c1cc(-c2ccc(Cl)s2)nc2ccccc12. The summed E-state index contributed by atoms with van der Waals surface area (Å²) in [6, 6.07) is 12.9. The number of nitrogens with one attached hydrogen (secondary N) is 2. The molecule has 118 valence electrons. The van der Waals surface area contributed by atoms with E-state index in [1.54, 1.807) is 12.1 Å². The van der Waals surface area contributed by atoms with Crippen LogP contribution < -0.4 is 5.32 Å². The lowest BCUT2D eigenvalue weighted by Crippen LogP contribution is -2.14. The lowest BCUT2D eigenvalue weighted by atomic mass is 10.1. The maximum atomic E-state index is 12.6. The number of rotatable bonds is 3. The van der Waals surface area contributed by atoms with E-state index >= 15 is 0 Å². The Bertz CT molecular complexity index is 1030. The smallest absolute Gasteiger partial charge is 0.270 e. The summed E-state index contributed by atoms with van der Waals surface area (Å²) >= 11 is 7.42. The second-order valence-corrected chi connectivity index (χ2v) is 6.58. The first-order valence-corrected chi connectivity index (χ1v) is 8.10. The molecule has 3 heterocycles. The summed E-state index contributed by atoms with van der Waals surface area (Å²) in [5.74, 6) is -0.222. The molecule has 4 aromatic rings. The van der Waals surface area contributed by atoms with Gasteiger partial charge in [0.05, 0.1) is 26.0 Å². The van der Waals surface area contributed by atoms with Crippen molar-refractivity contribution < 1.29 is 4.79 Å². The van der Waals surface area contributed by atoms with Crippen LogP contribution >= 0.6 is 22.9 Å². The van der Waals surface area contributed by atoms with Gasteiger partial charge < -0.3 is 0 Å². The molecule has 0 fully saturated rings. The number of tetrazole rings is 1. The number of hydrogen-bond donors (Lipinski definition) is 2. The van der Waals surface area contributed by atoms with Crippen LogP contribution in [0.4, 0.5) is 5.95 Å². The van der Waals surface area contributed by atoms with Crippen LogP contribution in [0.1, 0.15) is 10.4 Å². The lowest BCUT2D eigenvalue weighted by Gasteiger charge is -2.08. The molecule has 0 aliphatic rings. The highest BCUT2D eigenvalue weighted by Gasteiger charge is 2.16. The molecule has 0 atom stereocenters. The molecule has 2 N–H and O–H groups in total. The lowest BCUT2D eigenvalue weighted by molar-refractivity contribution is 0.102. The number of thiophene rings is 1. The van der Waals surface area contributed by atoms with Gasteiger partial charge in [0.15, 0.2) is 0 Å². The highest BCUT2D eigenvalue weighted by atomic mass is 35.5. The van der Waals surface area contributed by atoms with Crippen molar-refractivity contribution in [2.45, 2.75) is 0 Å². The van der Waals surface area contributed by atoms with Gasteiger partial charge in [-0.3, -0.25) is 10.1 Å². The van der Waals surface area contributed by atoms with Crippen LogP contribution in [0.3, 0.4) is 0 Å². The minimum Gasteiger partial charge on any atom is -0.288 e. The predicted octanol–water partition coefficient (Wildman–Crippen LogP) is 3.38. The van der Waals surface area contributed by atoms with E-state index in [-0.39, 0.29) is 11.9 Å². The second kappa shape index (κ2) is 5.99. The molecule has 0 saturated heterocycles. The normalized spacial score (nSPS) is 10.9. The van der Waals surface area contributed by atoms with Gasteiger partial charge in [-0.05, 0) is 29.5 Å². The molecule has 0 radical (unpaired) electrons. The summed E-state index contributed by atoms with van der Waals surface area (Å²) < 4.78 is 0.665. The predicted molar refractivity (Wildman–Crippen MR) is 92.2 cm³/mol. The topological polar surface area (TPSA) is 96.5 Å². The fourth-order valence-electron chi connectivity index (χ4n) is 2.33. The molecular formula is C15H9ClN6OS. The van der Waals surface area contributed by atoms with Crippen molar-refractivity contribution in [1.29, 1.82) is 0 Å². The van der Waals surface area contributed by atoms with Crippen molar-refractivity contribution in [3.8, 4) is 10.6 Å². The van der Waals surface area contributed by atoms with Crippen molar-refractivity contribution in [3.05, 3.63) is 52.4 Å². The Morgan fingerprint density at radius 3 is 2.83 bits per heavy atom. The maximum Gasteiger partial charge on any atom is 0.270 e. The highest BCUT2D eigenvalue weighted by Crippen LogP contribution is 2.32. The summed E-state index contributed by atoms with van der Waals surface area (Å²) in [6.45, 7) is 0. The van der Waals surface area contributed by atoms with Gasteiger partial charge in [-0.25, -0.2) is 4.98 Å². The first-order chi connectivity index (χ1) is 11.7. The molecule has 0 bridgehead atoms. The summed E-state index contributed by atoms with van der Waals surface area (Å²) in [4.78, 5) is 18.1. The molecule has 0 saturated carbocycles. The Labute approximate surface area is 144 Å². The zero-order valence-corrected chi connectivity index (χ0v) is 13.6. The van der Waals surface area contributed by atoms with Gasteiger partial charge in [-0.15, -0.1) is 16.4 Å². The van der Waals surface area contributed by atoms with E-state index in [1.165, 1.54) is 11.3 Å². The molecule has 0 aliphatic heterocycles. The fourth-order valence-corrected chi connectivity index (χ4v) is 3.33. The number of carbonyl (C=O) groups is 1. The molecule has 0 spiro atoms. The first-order valence-electron chi connectivity index (χ1n) is 6.91. The number of amides is 1. The number of aromatic amines is 1. The molecule has 7 nitrogen and oxygen atoms in total. The number of anilines is 1. The molecule has 3 aromatic heterocycles. The van der Waals surface area contributed by atoms with Crippen molar-refractivity contribution in [1.82, 2.24) is 25.6 Å². The van der Waals surface area contributed by atoms with Gasteiger partial charge in [-0.1, -0.05) is 34.9 Å². The molecular weight excluding hydrogens is 348 g/mol. The van der Waals surface area contributed by atoms with Crippen LogP contribution in [-0.4, -0.2) is 31.5 Å². The summed E-state index contributed by atoms with van der Waals surface area (Å²) in [5.41, 5.74) is 1.88. The third kappa shape index (κ3) is 2.72.